The van der Waals surface area contributed by atoms with Crippen molar-refractivity contribution in [1.82, 2.24) is 5.32 Å². The highest BCUT2D eigenvalue weighted by Gasteiger charge is 2.20. The van der Waals surface area contributed by atoms with Crippen LogP contribution < -0.4 is 15.8 Å². The van der Waals surface area contributed by atoms with Crippen molar-refractivity contribution in [2.75, 3.05) is 0 Å². The maximum Gasteiger partial charge on any atom is 0.318 e. The van der Waals surface area contributed by atoms with Gasteiger partial charge < -0.3 is 10.5 Å². The van der Waals surface area contributed by atoms with Crippen molar-refractivity contribution in [1.29, 1.82) is 0 Å². The minimum Gasteiger partial charge on any atom is -0.479 e. The quantitative estimate of drug-likeness (QED) is 0.828. The first-order chi connectivity index (χ1) is 8.85. The zero-order valence-electron chi connectivity index (χ0n) is 9.78. The number of urea groups is 1. The van der Waals surface area contributed by atoms with E-state index >= 15 is 0 Å². The molecular formula is C11H10Cl2N2O4. The predicted octanol–water partition coefficient (Wildman–Crippen LogP) is 1.77. The number of amides is 3. The lowest BCUT2D eigenvalue weighted by Crippen LogP contribution is -2.42. The number of primary amides is 1. The number of ether oxygens (including phenoxy) is 1. The van der Waals surface area contributed by atoms with Gasteiger partial charge in [0.25, 0.3) is 5.91 Å². The normalized spacial score (nSPS) is 11.5. The van der Waals surface area contributed by atoms with Crippen LogP contribution in [0, 0.1) is 0 Å². The number of hydrogen-bond acceptors (Lipinski definition) is 4. The third kappa shape index (κ3) is 4.11. The van der Waals surface area contributed by atoms with Crippen LogP contribution in [-0.2, 0) is 4.79 Å². The summed E-state index contributed by atoms with van der Waals surface area (Å²) in [6.07, 6.45) is -0.573. The summed E-state index contributed by atoms with van der Waals surface area (Å²) in [5, 5.41) is 2.18. The van der Waals surface area contributed by atoms with Crippen LogP contribution in [0.2, 0.25) is 10.0 Å². The number of carbonyl (C=O) groups excluding carboxylic acids is 3. The molecule has 3 amide bonds. The van der Waals surface area contributed by atoms with E-state index in [-0.39, 0.29) is 21.4 Å². The highest BCUT2D eigenvalue weighted by Crippen LogP contribution is 2.32. The van der Waals surface area contributed by atoms with Crippen molar-refractivity contribution in [3.8, 4) is 5.75 Å². The molecule has 0 spiro atoms. The molecular weight excluding hydrogens is 295 g/mol. The molecule has 19 heavy (non-hydrogen) atoms. The van der Waals surface area contributed by atoms with E-state index in [1.807, 2.05) is 5.32 Å². The number of nitrogens with two attached hydrogens (primary N) is 1. The fourth-order valence-corrected chi connectivity index (χ4v) is 1.80. The second kappa shape index (κ2) is 6.40. The van der Waals surface area contributed by atoms with Crippen molar-refractivity contribution in [2.45, 2.75) is 13.0 Å². The molecule has 6 nitrogen and oxygen atoms in total. The second-order valence-electron chi connectivity index (χ2n) is 3.54. The Morgan fingerprint density at radius 3 is 2.58 bits per heavy atom. The Bertz CT molecular complexity index is 534. The fraction of sp³-hybridized carbons (Fsp3) is 0.182. The molecule has 0 aromatic heterocycles. The molecule has 0 saturated heterocycles. The fourth-order valence-electron chi connectivity index (χ4n) is 1.25. The van der Waals surface area contributed by atoms with Crippen LogP contribution in [-0.4, -0.2) is 24.3 Å². The van der Waals surface area contributed by atoms with Gasteiger partial charge in [-0.1, -0.05) is 23.2 Å². The summed E-state index contributed by atoms with van der Waals surface area (Å²) in [5.74, 6) is -0.747. The summed E-state index contributed by atoms with van der Waals surface area (Å²) in [6.45, 7) is 1.37. The van der Waals surface area contributed by atoms with Gasteiger partial charge in [-0.3, -0.25) is 14.9 Å². The Hall–Kier alpha value is -1.79. The summed E-state index contributed by atoms with van der Waals surface area (Å²) < 4.78 is 5.24. The number of nitrogens with one attached hydrogen (secondary N) is 1. The van der Waals surface area contributed by atoms with Crippen LogP contribution in [0.3, 0.4) is 0 Å². The Morgan fingerprint density at radius 1 is 1.42 bits per heavy atom. The van der Waals surface area contributed by atoms with E-state index in [1.54, 1.807) is 0 Å². The third-order valence-corrected chi connectivity index (χ3v) is 2.57. The van der Waals surface area contributed by atoms with Crippen molar-refractivity contribution < 1.29 is 19.1 Å². The molecule has 1 aromatic carbocycles. The first kappa shape index (κ1) is 15.3. The van der Waals surface area contributed by atoms with Crippen LogP contribution >= 0.6 is 23.2 Å². The number of carbonyl (C=O) groups is 3. The number of hydrogen-bond donors (Lipinski definition) is 2. The maximum atomic E-state index is 11.4. The number of halogens is 2. The van der Waals surface area contributed by atoms with Crippen LogP contribution in [0.15, 0.2) is 12.1 Å². The minimum absolute atomic E-state index is 0.00758. The van der Waals surface area contributed by atoms with Gasteiger partial charge in [-0.05, 0) is 19.1 Å². The average Bonchev–Trinajstić information content (AvgIpc) is 2.30. The van der Waals surface area contributed by atoms with Gasteiger partial charge >= 0.3 is 6.03 Å². The number of benzene rings is 1. The molecule has 102 valence electrons. The standard InChI is InChI=1S/C11H10Cl2N2O4/c1-5(10(17)15-11(14)18)19-9-6(4-16)2-7(12)3-8(9)13/h2-5H,1H3,(H3,14,15,17,18). The molecule has 0 aliphatic carbocycles. The molecule has 0 bridgehead atoms. The molecule has 0 aliphatic heterocycles. The lowest BCUT2D eigenvalue weighted by atomic mass is 10.2. The summed E-state index contributed by atoms with van der Waals surface area (Å²) >= 11 is 11.6. The van der Waals surface area contributed by atoms with Crippen molar-refractivity contribution in [3.05, 3.63) is 27.7 Å². The Balaban J connectivity index is 2.96. The lowest BCUT2D eigenvalue weighted by Gasteiger charge is -2.16. The molecule has 1 rings (SSSR count). The van der Waals surface area contributed by atoms with Crippen LogP contribution in [0.1, 0.15) is 17.3 Å². The van der Waals surface area contributed by atoms with Gasteiger partial charge in [-0.15, -0.1) is 0 Å². The molecule has 0 fully saturated rings. The SMILES string of the molecule is CC(Oc1c(Cl)cc(Cl)cc1C=O)C(=O)NC(N)=O. The van der Waals surface area contributed by atoms with E-state index in [0.717, 1.165) is 0 Å². The highest BCUT2D eigenvalue weighted by molar-refractivity contribution is 6.36. The molecule has 0 aliphatic rings. The van der Waals surface area contributed by atoms with Gasteiger partial charge in [0, 0.05) is 5.02 Å². The highest BCUT2D eigenvalue weighted by atomic mass is 35.5. The zero-order chi connectivity index (χ0) is 14.6. The van der Waals surface area contributed by atoms with Crippen LogP contribution in [0.4, 0.5) is 4.79 Å². The van der Waals surface area contributed by atoms with Gasteiger partial charge in [0.2, 0.25) is 0 Å². The molecule has 0 heterocycles. The summed E-state index contributed by atoms with van der Waals surface area (Å²) in [6, 6.07) is 1.71. The van der Waals surface area contributed by atoms with Crippen molar-refractivity contribution in [2.24, 2.45) is 5.73 Å². The Labute approximate surface area is 118 Å². The number of rotatable bonds is 4. The van der Waals surface area contributed by atoms with Gasteiger partial charge in [0.1, 0.15) is 5.75 Å². The molecule has 3 N–H and O–H groups in total. The zero-order valence-corrected chi connectivity index (χ0v) is 11.3. The Morgan fingerprint density at radius 2 is 2.05 bits per heavy atom. The summed E-state index contributed by atoms with van der Waals surface area (Å²) in [5.41, 5.74) is 4.90. The van der Waals surface area contributed by atoms with Crippen LogP contribution in [0.5, 0.6) is 5.75 Å². The molecule has 1 unspecified atom stereocenters. The minimum atomic E-state index is -1.06. The third-order valence-electron chi connectivity index (χ3n) is 2.07. The predicted molar refractivity (Wildman–Crippen MR) is 69.7 cm³/mol. The molecule has 1 atom stereocenters. The van der Waals surface area contributed by atoms with E-state index in [4.69, 9.17) is 33.7 Å². The summed E-state index contributed by atoms with van der Waals surface area (Å²) in [7, 11) is 0. The van der Waals surface area contributed by atoms with Crippen molar-refractivity contribution >= 4 is 41.4 Å². The van der Waals surface area contributed by atoms with E-state index in [0.29, 0.717) is 6.29 Å². The topological polar surface area (TPSA) is 98.5 Å². The molecule has 1 aromatic rings. The van der Waals surface area contributed by atoms with E-state index in [2.05, 4.69) is 0 Å². The van der Waals surface area contributed by atoms with Gasteiger partial charge in [-0.2, -0.15) is 0 Å². The maximum absolute atomic E-state index is 11.4. The first-order valence-electron chi connectivity index (χ1n) is 5.06. The number of imide groups is 1. The lowest BCUT2D eigenvalue weighted by molar-refractivity contribution is -0.126. The van der Waals surface area contributed by atoms with Crippen molar-refractivity contribution in [3.63, 3.8) is 0 Å². The van der Waals surface area contributed by atoms with Gasteiger partial charge in [0.05, 0.1) is 10.6 Å². The van der Waals surface area contributed by atoms with Gasteiger partial charge in [0.15, 0.2) is 12.4 Å². The Kier molecular flexibility index (Phi) is 5.14. The number of aldehydes is 1. The van der Waals surface area contributed by atoms with E-state index < -0.39 is 18.0 Å². The molecule has 0 radical (unpaired) electrons. The first-order valence-corrected chi connectivity index (χ1v) is 5.82. The largest absolute Gasteiger partial charge is 0.479 e. The molecule has 0 saturated carbocycles. The second-order valence-corrected chi connectivity index (χ2v) is 4.38. The van der Waals surface area contributed by atoms with E-state index in [1.165, 1.54) is 19.1 Å². The smallest absolute Gasteiger partial charge is 0.318 e. The van der Waals surface area contributed by atoms with Gasteiger partial charge in [-0.25, -0.2) is 4.79 Å². The monoisotopic (exact) mass is 304 g/mol. The van der Waals surface area contributed by atoms with E-state index in [9.17, 15) is 14.4 Å². The van der Waals surface area contributed by atoms with Crippen LogP contribution in [0.25, 0.3) is 0 Å². The average molecular weight is 305 g/mol. The molecule has 8 heteroatoms. The summed E-state index contributed by atoms with van der Waals surface area (Å²) in [4.78, 5) is 32.9.